The van der Waals surface area contributed by atoms with Gasteiger partial charge < -0.3 is 9.88 Å². The molecule has 0 saturated carbocycles. The lowest BCUT2D eigenvalue weighted by Gasteiger charge is -2.19. The first-order valence-electron chi connectivity index (χ1n) is 9.09. The number of H-pyrrole nitrogens is 1. The van der Waals surface area contributed by atoms with Crippen molar-refractivity contribution in [1.29, 1.82) is 0 Å². The van der Waals surface area contributed by atoms with Crippen molar-refractivity contribution in [3.05, 3.63) is 60.8 Å². The summed E-state index contributed by atoms with van der Waals surface area (Å²) in [4.78, 5) is 19.2. The average Bonchev–Trinajstić information content (AvgIpc) is 3.38. The Labute approximate surface area is 155 Å². The van der Waals surface area contributed by atoms with Crippen LogP contribution in [-0.4, -0.2) is 33.0 Å². The average molecular weight is 359 g/mol. The molecule has 0 amide bonds. The summed E-state index contributed by atoms with van der Waals surface area (Å²) in [7, 11) is 0. The van der Waals surface area contributed by atoms with Crippen molar-refractivity contribution in [2.75, 3.05) is 18.0 Å². The predicted octanol–water partition coefficient (Wildman–Crippen LogP) is 4.43. The minimum absolute atomic E-state index is 0.249. The topological polar surface area (TPSA) is 57.7 Å². The molecule has 0 unspecified atom stereocenters. The van der Waals surface area contributed by atoms with E-state index in [-0.39, 0.29) is 5.82 Å². The predicted molar refractivity (Wildman–Crippen MR) is 104 cm³/mol. The largest absolute Gasteiger partial charge is 0.356 e. The van der Waals surface area contributed by atoms with Crippen LogP contribution in [0.4, 0.5) is 10.2 Å². The Morgan fingerprint density at radius 2 is 1.78 bits per heavy atom. The fraction of sp³-hybridized carbons (Fsp3) is 0.190. The van der Waals surface area contributed by atoms with E-state index in [1.807, 2.05) is 18.3 Å². The molecule has 0 spiro atoms. The Hall–Kier alpha value is -3.28. The van der Waals surface area contributed by atoms with Crippen LogP contribution in [0, 0.1) is 5.82 Å². The van der Waals surface area contributed by atoms with Crippen LogP contribution in [0.15, 0.2) is 55.0 Å². The first-order valence-corrected chi connectivity index (χ1v) is 9.09. The Balaban J connectivity index is 1.65. The molecule has 1 aliphatic heterocycles. The Morgan fingerprint density at radius 1 is 0.963 bits per heavy atom. The number of nitrogens with one attached hydrogen (secondary N) is 1. The van der Waals surface area contributed by atoms with Crippen LogP contribution in [0.3, 0.4) is 0 Å². The summed E-state index contributed by atoms with van der Waals surface area (Å²) in [6.07, 6.45) is 5.78. The van der Waals surface area contributed by atoms with Crippen LogP contribution in [0.2, 0.25) is 0 Å². The second-order valence-electron chi connectivity index (χ2n) is 6.74. The van der Waals surface area contributed by atoms with Crippen molar-refractivity contribution in [3.8, 4) is 22.5 Å². The number of hydrogen-bond donors (Lipinski definition) is 1. The minimum Gasteiger partial charge on any atom is -0.356 e. The van der Waals surface area contributed by atoms with Crippen molar-refractivity contribution in [2.24, 2.45) is 0 Å². The fourth-order valence-corrected chi connectivity index (χ4v) is 3.70. The van der Waals surface area contributed by atoms with Crippen LogP contribution < -0.4 is 4.90 Å². The molecular weight excluding hydrogens is 341 g/mol. The molecule has 1 aliphatic rings. The van der Waals surface area contributed by atoms with Crippen LogP contribution in [-0.2, 0) is 0 Å². The molecule has 3 aromatic heterocycles. The number of pyridine rings is 1. The molecule has 0 aliphatic carbocycles. The molecule has 1 saturated heterocycles. The SMILES string of the molecule is Fc1ccc(-c2cc3c(-c4cccnc4N4CCCC4)ncnc3[nH]2)cc1. The normalized spacial score (nSPS) is 14.2. The Kier molecular flexibility index (Phi) is 3.81. The summed E-state index contributed by atoms with van der Waals surface area (Å²) < 4.78 is 13.2. The number of halogens is 1. The second-order valence-corrected chi connectivity index (χ2v) is 6.74. The monoisotopic (exact) mass is 359 g/mol. The van der Waals surface area contributed by atoms with Crippen LogP contribution in [0.25, 0.3) is 33.5 Å². The van der Waals surface area contributed by atoms with E-state index in [2.05, 4.69) is 30.9 Å². The molecule has 1 N–H and O–H groups in total. The standard InChI is InChI=1S/C21H18FN5/c22-15-7-5-14(6-8-15)18-12-17-19(24-13-25-20(17)26-18)16-4-3-9-23-21(16)27-10-1-2-11-27/h3-9,12-13H,1-2,10-11H2,(H,24,25,26). The number of aromatic nitrogens is 4. The van der Waals surface area contributed by atoms with Crippen molar-refractivity contribution in [2.45, 2.75) is 12.8 Å². The van der Waals surface area contributed by atoms with Gasteiger partial charge in [0.1, 0.15) is 23.6 Å². The number of anilines is 1. The van der Waals surface area contributed by atoms with Crippen molar-refractivity contribution in [1.82, 2.24) is 19.9 Å². The van der Waals surface area contributed by atoms with Gasteiger partial charge in [0.2, 0.25) is 0 Å². The lowest BCUT2D eigenvalue weighted by Crippen LogP contribution is -2.19. The first-order chi connectivity index (χ1) is 13.3. The second kappa shape index (κ2) is 6.46. The van der Waals surface area contributed by atoms with Gasteiger partial charge in [-0.1, -0.05) is 0 Å². The van der Waals surface area contributed by atoms with E-state index in [4.69, 9.17) is 0 Å². The summed E-state index contributed by atoms with van der Waals surface area (Å²) in [5.74, 6) is 0.723. The zero-order chi connectivity index (χ0) is 18.2. The minimum atomic E-state index is -0.249. The van der Waals surface area contributed by atoms with Gasteiger partial charge in [0.15, 0.2) is 0 Å². The molecule has 4 aromatic rings. The Bertz CT molecular complexity index is 1100. The van der Waals surface area contributed by atoms with Gasteiger partial charge in [0, 0.05) is 35.9 Å². The molecule has 6 heteroatoms. The van der Waals surface area contributed by atoms with Crippen LogP contribution in [0.1, 0.15) is 12.8 Å². The van der Waals surface area contributed by atoms with E-state index in [0.717, 1.165) is 52.5 Å². The smallest absolute Gasteiger partial charge is 0.141 e. The quantitative estimate of drug-likeness (QED) is 0.588. The summed E-state index contributed by atoms with van der Waals surface area (Å²) in [6.45, 7) is 2.04. The maximum Gasteiger partial charge on any atom is 0.141 e. The van der Waals surface area contributed by atoms with E-state index in [1.165, 1.54) is 25.0 Å². The van der Waals surface area contributed by atoms with Crippen molar-refractivity contribution < 1.29 is 4.39 Å². The van der Waals surface area contributed by atoms with E-state index in [9.17, 15) is 4.39 Å². The highest BCUT2D eigenvalue weighted by atomic mass is 19.1. The molecule has 0 atom stereocenters. The third-order valence-electron chi connectivity index (χ3n) is 5.03. The van der Waals surface area contributed by atoms with Crippen molar-refractivity contribution >= 4 is 16.9 Å². The lowest BCUT2D eigenvalue weighted by atomic mass is 10.1. The zero-order valence-electron chi connectivity index (χ0n) is 14.7. The number of fused-ring (bicyclic) bond motifs is 1. The molecule has 4 heterocycles. The molecule has 1 aromatic carbocycles. The molecule has 5 nitrogen and oxygen atoms in total. The Morgan fingerprint density at radius 3 is 2.59 bits per heavy atom. The van der Waals surface area contributed by atoms with Gasteiger partial charge in [0.05, 0.1) is 5.69 Å². The summed E-state index contributed by atoms with van der Waals surface area (Å²) in [6, 6.07) is 12.5. The number of benzene rings is 1. The van der Waals surface area contributed by atoms with Gasteiger partial charge in [-0.25, -0.2) is 19.3 Å². The van der Waals surface area contributed by atoms with Gasteiger partial charge in [0.25, 0.3) is 0 Å². The van der Waals surface area contributed by atoms with Gasteiger partial charge in [-0.15, -0.1) is 0 Å². The molecule has 0 bridgehead atoms. The van der Waals surface area contributed by atoms with Crippen LogP contribution in [0.5, 0.6) is 0 Å². The molecule has 1 fully saturated rings. The number of rotatable bonds is 3. The van der Waals surface area contributed by atoms with Gasteiger partial charge in [-0.3, -0.25) is 0 Å². The van der Waals surface area contributed by atoms with E-state index >= 15 is 0 Å². The van der Waals surface area contributed by atoms with Crippen molar-refractivity contribution in [3.63, 3.8) is 0 Å². The first kappa shape index (κ1) is 15.9. The van der Waals surface area contributed by atoms with Gasteiger partial charge >= 0.3 is 0 Å². The highest BCUT2D eigenvalue weighted by Gasteiger charge is 2.20. The van der Waals surface area contributed by atoms with E-state index in [0.29, 0.717) is 0 Å². The third kappa shape index (κ3) is 2.83. The molecule has 134 valence electrons. The lowest BCUT2D eigenvalue weighted by molar-refractivity contribution is 0.628. The molecule has 27 heavy (non-hydrogen) atoms. The van der Waals surface area contributed by atoms with E-state index < -0.39 is 0 Å². The highest BCUT2D eigenvalue weighted by Crippen LogP contribution is 2.35. The molecule has 5 rings (SSSR count). The third-order valence-corrected chi connectivity index (χ3v) is 5.03. The summed E-state index contributed by atoms with van der Waals surface area (Å²) in [5.41, 5.74) is 4.43. The van der Waals surface area contributed by atoms with Crippen LogP contribution >= 0.6 is 0 Å². The fourth-order valence-electron chi connectivity index (χ4n) is 3.70. The molecular formula is C21H18FN5. The molecule has 0 radical (unpaired) electrons. The number of hydrogen-bond acceptors (Lipinski definition) is 4. The number of nitrogens with zero attached hydrogens (tertiary/aromatic N) is 4. The van der Waals surface area contributed by atoms with Gasteiger partial charge in [-0.2, -0.15) is 0 Å². The summed E-state index contributed by atoms with van der Waals surface area (Å²) in [5, 5.41) is 0.935. The van der Waals surface area contributed by atoms with Gasteiger partial charge in [-0.05, 0) is 60.9 Å². The maximum atomic E-state index is 13.2. The summed E-state index contributed by atoms with van der Waals surface area (Å²) >= 11 is 0. The maximum absolute atomic E-state index is 13.2. The number of aromatic amines is 1. The van der Waals surface area contributed by atoms with E-state index in [1.54, 1.807) is 18.5 Å². The zero-order valence-corrected chi connectivity index (χ0v) is 14.7. The highest BCUT2D eigenvalue weighted by molar-refractivity contribution is 5.96.